The number of barbiturate groups is 1. The van der Waals surface area contributed by atoms with Crippen LogP contribution in [0.2, 0.25) is 0 Å². The molecule has 1 saturated heterocycles. The van der Waals surface area contributed by atoms with Crippen molar-refractivity contribution in [2.24, 2.45) is 0 Å². The summed E-state index contributed by atoms with van der Waals surface area (Å²) in [6, 6.07) is 2.60. The molecule has 2 heterocycles. The van der Waals surface area contributed by atoms with E-state index in [1.165, 1.54) is 12.2 Å². The molecule has 6 nitrogen and oxygen atoms in total. The molecule has 1 aliphatic heterocycles. The first-order valence-electron chi connectivity index (χ1n) is 5.59. The van der Waals surface area contributed by atoms with Gasteiger partial charge in [-0.15, -0.1) is 6.58 Å². The third-order valence-corrected chi connectivity index (χ3v) is 2.55. The Morgan fingerprint density at radius 2 is 2.11 bits per heavy atom. The highest BCUT2D eigenvalue weighted by atomic mass is 16.3. The summed E-state index contributed by atoms with van der Waals surface area (Å²) < 4.78 is 5.27. The number of urea groups is 1. The highest BCUT2D eigenvalue weighted by Crippen LogP contribution is 2.16. The predicted molar refractivity (Wildman–Crippen MR) is 66.9 cm³/mol. The zero-order chi connectivity index (χ0) is 14.0. The Hall–Kier alpha value is -2.63. The van der Waals surface area contributed by atoms with Crippen LogP contribution in [-0.4, -0.2) is 29.3 Å². The van der Waals surface area contributed by atoms with Crippen LogP contribution in [0.25, 0.3) is 6.08 Å². The molecule has 19 heavy (non-hydrogen) atoms. The molecule has 6 heteroatoms. The van der Waals surface area contributed by atoms with E-state index < -0.39 is 17.8 Å². The summed E-state index contributed by atoms with van der Waals surface area (Å²) in [5.41, 5.74) is -0.143. The number of hydrogen-bond acceptors (Lipinski definition) is 4. The van der Waals surface area contributed by atoms with E-state index in [0.29, 0.717) is 11.5 Å². The van der Waals surface area contributed by atoms with Crippen LogP contribution < -0.4 is 5.32 Å². The van der Waals surface area contributed by atoms with Crippen LogP contribution in [0.15, 0.2) is 34.8 Å². The number of furan rings is 1. The second kappa shape index (κ2) is 4.93. The Balaban J connectivity index is 2.35. The SMILES string of the molecule is C=CCN1C(=O)NC(=O)/C(=C\c2ccc(C)o2)C1=O. The molecular weight excluding hydrogens is 248 g/mol. The minimum atomic E-state index is -0.748. The smallest absolute Gasteiger partial charge is 0.331 e. The number of nitrogens with zero attached hydrogens (tertiary/aromatic N) is 1. The van der Waals surface area contributed by atoms with Crippen LogP contribution in [0.5, 0.6) is 0 Å². The van der Waals surface area contributed by atoms with E-state index in [4.69, 9.17) is 4.42 Å². The Morgan fingerprint density at radius 1 is 1.37 bits per heavy atom. The predicted octanol–water partition coefficient (Wildman–Crippen LogP) is 1.24. The molecule has 0 radical (unpaired) electrons. The van der Waals surface area contributed by atoms with E-state index in [9.17, 15) is 14.4 Å². The first kappa shape index (κ1) is 12.8. The highest BCUT2D eigenvalue weighted by Gasteiger charge is 2.35. The van der Waals surface area contributed by atoms with Gasteiger partial charge in [0.25, 0.3) is 11.8 Å². The number of carbonyl (C=O) groups is 3. The molecule has 1 N–H and O–H groups in total. The largest absolute Gasteiger partial charge is 0.462 e. The molecule has 0 spiro atoms. The van der Waals surface area contributed by atoms with Gasteiger partial charge in [0, 0.05) is 6.54 Å². The zero-order valence-electron chi connectivity index (χ0n) is 10.3. The van der Waals surface area contributed by atoms with E-state index in [-0.39, 0.29) is 12.1 Å². The van der Waals surface area contributed by atoms with Crippen LogP contribution in [0.3, 0.4) is 0 Å². The normalized spacial score (nSPS) is 17.8. The van der Waals surface area contributed by atoms with Crippen molar-refractivity contribution in [1.82, 2.24) is 10.2 Å². The number of hydrogen-bond donors (Lipinski definition) is 1. The third kappa shape index (κ3) is 2.47. The number of carbonyl (C=O) groups excluding carboxylic acids is 3. The average Bonchev–Trinajstić information content (AvgIpc) is 2.76. The van der Waals surface area contributed by atoms with Gasteiger partial charge in [0.1, 0.15) is 17.1 Å². The molecule has 4 amide bonds. The molecule has 2 rings (SSSR count). The monoisotopic (exact) mass is 260 g/mol. The number of rotatable bonds is 3. The van der Waals surface area contributed by atoms with E-state index in [0.717, 1.165) is 4.90 Å². The maximum Gasteiger partial charge on any atom is 0.331 e. The molecule has 0 aromatic carbocycles. The number of nitrogens with one attached hydrogen (secondary N) is 1. The van der Waals surface area contributed by atoms with Crippen LogP contribution in [0.4, 0.5) is 4.79 Å². The second-order valence-electron chi connectivity index (χ2n) is 3.97. The zero-order valence-corrected chi connectivity index (χ0v) is 10.3. The molecule has 98 valence electrons. The molecule has 1 aromatic heterocycles. The van der Waals surface area contributed by atoms with Gasteiger partial charge in [-0.1, -0.05) is 6.08 Å². The van der Waals surface area contributed by atoms with Gasteiger partial charge in [-0.05, 0) is 25.1 Å². The van der Waals surface area contributed by atoms with Gasteiger partial charge in [-0.3, -0.25) is 19.8 Å². The van der Waals surface area contributed by atoms with Crippen molar-refractivity contribution < 1.29 is 18.8 Å². The quantitative estimate of drug-likeness (QED) is 0.503. The minimum Gasteiger partial charge on any atom is -0.462 e. The summed E-state index contributed by atoms with van der Waals surface area (Å²) in [7, 11) is 0. The first-order valence-corrected chi connectivity index (χ1v) is 5.59. The van der Waals surface area contributed by atoms with E-state index in [1.807, 2.05) is 0 Å². The number of aryl methyl sites for hydroxylation is 1. The van der Waals surface area contributed by atoms with Crippen molar-refractivity contribution in [3.63, 3.8) is 0 Å². The van der Waals surface area contributed by atoms with Crippen molar-refractivity contribution in [3.05, 3.63) is 41.9 Å². The lowest BCUT2D eigenvalue weighted by molar-refractivity contribution is -0.129. The minimum absolute atomic E-state index is 0.0342. The molecule has 0 unspecified atom stereocenters. The Labute approximate surface area is 109 Å². The standard InChI is InChI=1S/C13H12N2O4/c1-3-6-15-12(17)10(11(16)14-13(15)18)7-9-5-4-8(2)19-9/h3-5,7H,1,6H2,2H3,(H,14,16,18)/b10-7+. The van der Waals surface area contributed by atoms with Crippen LogP contribution in [0.1, 0.15) is 11.5 Å². The first-order chi connectivity index (χ1) is 9.02. The molecule has 1 aromatic rings. The van der Waals surface area contributed by atoms with E-state index in [2.05, 4.69) is 11.9 Å². The van der Waals surface area contributed by atoms with Gasteiger partial charge >= 0.3 is 6.03 Å². The summed E-state index contributed by atoms with van der Waals surface area (Å²) in [6.07, 6.45) is 2.72. The van der Waals surface area contributed by atoms with Gasteiger partial charge in [0.2, 0.25) is 0 Å². The molecule has 0 bridgehead atoms. The summed E-state index contributed by atoms with van der Waals surface area (Å²) in [5.74, 6) is -0.356. The van der Waals surface area contributed by atoms with Crippen LogP contribution >= 0.6 is 0 Å². The summed E-state index contributed by atoms with van der Waals surface area (Å²) in [6.45, 7) is 5.24. The Morgan fingerprint density at radius 3 is 2.68 bits per heavy atom. The molecule has 0 saturated carbocycles. The Kier molecular flexibility index (Phi) is 3.33. The lowest BCUT2D eigenvalue weighted by atomic mass is 10.1. The fourth-order valence-electron chi connectivity index (χ4n) is 1.66. The topological polar surface area (TPSA) is 79.6 Å². The van der Waals surface area contributed by atoms with Crippen molar-refractivity contribution >= 4 is 23.9 Å². The second-order valence-corrected chi connectivity index (χ2v) is 3.97. The van der Waals surface area contributed by atoms with Gasteiger partial charge < -0.3 is 4.42 Å². The third-order valence-electron chi connectivity index (χ3n) is 2.55. The lowest BCUT2D eigenvalue weighted by Gasteiger charge is -2.24. The average molecular weight is 260 g/mol. The number of imide groups is 2. The van der Waals surface area contributed by atoms with E-state index in [1.54, 1.807) is 19.1 Å². The van der Waals surface area contributed by atoms with Crippen molar-refractivity contribution in [2.45, 2.75) is 6.92 Å². The molecule has 1 fully saturated rings. The summed E-state index contributed by atoms with van der Waals surface area (Å²) >= 11 is 0. The van der Waals surface area contributed by atoms with Crippen molar-refractivity contribution in [3.8, 4) is 0 Å². The molecule has 1 aliphatic rings. The van der Waals surface area contributed by atoms with Crippen LogP contribution in [0, 0.1) is 6.92 Å². The summed E-state index contributed by atoms with van der Waals surface area (Å²) in [4.78, 5) is 36.1. The molecule has 0 atom stereocenters. The molecule has 0 aliphatic carbocycles. The maximum atomic E-state index is 12.0. The maximum absolute atomic E-state index is 12.0. The van der Waals surface area contributed by atoms with E-state index >= 15 is 0 Å². The van der Waals surface area contributed by atoms with Gasteiger partial charge in [-0.25, -0.2) is 4.79 Å². The fraction of sp³-hybridized carbons (Fsp3) is 0.154. The fourth-order valence-corrected chi connectivity index (χ4v) is 1.66. The van der Waals surface area contributed by atoms with Gasteiger partial charge in [0.15, 0.2) is 0 Å². The van der Waals surface area contributed by atoms with Crippen LogP contribution in [-0.2, 0) is 9.59 Å². The van der Waals surface area contributed by atoms with Gasteiger partial charge in [0.05, 0.1) is 0 Å². The van der Waals surface area contributed by atoms with Gasteiger partial charge in [-0.2, -0.15) is 0 Å². The molecular formula is C13H12N2O4. The summed E-state index contributed by atoms with van der Waals surface area (Å²) in [5, 5.41) is 2.09. The van der Waals surface area contributed by atoms with Crippen molar-refractivity contribution in [1.29, 1.82) is 0 Å². The highest BCUT2D eigenvalue weighted by molar-refractivity contribution is 6.30. The lowest BCUT2D eigenvalue weighted by Crippen LogP contribution is -2.54. The van der Waals surface area contributed by atoms with Crippen molar-refractivity contribution in [2.75, 3.05) is 6.54 Å². The Bertz CT molecular complexity index is 598. The number of amides is 4.